The molecule has 1 aromatic rings. The van der Waals surface area contributed by atoms with Crippen molar-refractivity contribution < 1.29 is 4.39 Å². The van der Waals surface area contributed by atoms with Gasteiger partial charge in [0.1, 0.15) is 5.82 Å². The summed E-state index contributed by atoms with van der Waals surface area (Å²) in [4.78, 5) is 0. The van der Waals surface area contributed by atoms with E-state index in [1.54, 1.807) is 6.07 Å². The zero-order chi connectivity index (χ0) is 14.3. The van der Waals surface area contributed by atoms with E-state index < -0.39 is 0 Å². The highest BCUT2D eigenvalue weighted by atomic mass is 19.1. The molecule has 0 radical (unpaired) electrons. The maximum Gasteiger partial charge on any atom is 0.126 e. The van der Waals surface area contributed by atoms with E-state index in [1.165, 1.54) is 12.8 Å². The summed E-state index contributed by atoms with van der Waals surface area (Å²) < 4.78 is 13.7. The zero-order valence-corrected chi connectivity index (χ0v) is 12.8. The highest BCUT2D eigenvalue weighted by Gasteiger charge is 2.16. The number of rotatable bonds is 8. The molecular formula is C17H28FN. The van der Waals surface area contributed by atoms with Crippen molar-refractivity contribution in [2.45, 2.75) is 59.4 Å². The van der Waals surface area contributed by atoms with Crippen LogP contribution >= 0.6 is 0 Å². The van der Waals surface area contributed by atoms with Gasteiger partial charge in [-0.05, 0) is 49.4 Å². The van der Waals surface area contributed by atoms with Gasteiger partial charge in [0, 0.05) is 6.04 Å². The van der Waals surface area contributed by atoms with Gasteiger partial charge in [0.15, 0.2) is 0 Å². The SMILES string of the molecule is CCCNC(CC(CC)CC)c1ccc(C)c(F)c1. The van der Waals surface area contributed by atoms with Crippen molar-refractivity contribution >= 4 is 0 Å². The summed E-state index contributed by atoms with van der Waals surface area (Å²) in [6.07, 6.45) is 4.58. The minimum Gasteiger partial charge on any atom is -0.310 e. The minimum atomic E-state index is -0.0923. The molecule has 0 amide bonds. The molecule has 0 heterocycles. The van der Waals surface area contributed by atoms with Crippen molar-refractivity contribution in [1.82, 2.24) is 5.32 Å². The maximum atomic E-state index is 13.7. The summed E-state index contributed by atoms with van der Waals surface area (Å²) in [5.41, 5.74) is 1.81. The van der Waals surface area contributed by atoms with Crippen molar-refractivity contribution in [3.8, 4) is 0 Å². The van der Waals surface area contributed by atoms with Gasteiger partial charge in [0.25, 0.3) is 0 Å². The predicted molar refractivity (Wildman–Crippen MR) is 80.9 cm³/mol. The summed E-state index contributed by atoms with van der Waals surface area (Å²) in [5.74, 6) is 0.615. The monoisotopic (exact) mass is 265 g/mol. The van der Waals surface area contributed by atoms with Crippen LogP contribution in [0, 0.1) is 18.7 Å². The number of halogens is 1. The van der Waals surface area contributed by atoms with Gasteiger partial charge in [-0.1, -0.05) is 45.7 Å². The molecule has 1 atom stereocenters. The fraction of sp³-hybridized carbons (Fsp3) is 0.647. The predicted octanol–water partition coefficient (Wildman–Crippen LogP) is 5.00. The van der Waals surface area contributed by atoms with Crippen molar-refractivity contribution in [2.24, 2.45) is 5.92 Å². The van der Waals surface area contributed by atoms with Gasteiger partial charge >= 0.3 is 0 Å². The Morgan fingerprint density at radius 2 is 1.84 bits per heavy atom. The quantitative estimate of drug-likeness (QED) is 0.697. The van der Waals surface area contributed by atoms with E-state index in [9.17, 15) is 4.39 Å². The third-order valence-corrected chi connectivity index (χ3v) is 3.96. The highest BCUT2D eigenvalue weighted by Crippen LogP contribution is 2.26. The van der Waals surface area contributed by atoms with E-state index in [2.05, 4.69) is 32.2 Å². The van der Waals surface area contributed by atoms with E-state index >= 15 is 0 Å². The van der Waals surface area contributed by atoms with Crippen molar-refractivity contribution in [3.05, 3.63) is 35.1 Å². The minimum absolute atomic E-state index is 0.0923. The van der Waals surface area contributed by atoms with Crippen LogP contribution in [0.4, 0.5) is 4.39 Å². The molecule has 0 fully saturated rings. The second-order valence-corrected chi connectivity index (χ2v) is 5.43. The second-order valence-electron chi connectivity index (χ2n) is 5.43. The number of nitrogens with one attached hydrogen (secondary N) is 1. The van der Waals surface area contributed by atoms with Gasteiger partial charge in [0.2, 0.25) is 0 Å². The summed E-state index contributed by atoms with van der Waals surface area (Å²) in [5, 5.41) is 3.56. The van der Waals surface area contributed by atoms with Gasteiger partial charge in [-0.15, -0.1) is 0 Å². The van der Waals surface area contributed by atoms with Crippen LogP contribution in [0.5, 0.6) is 0 Å². The Bertz CT molecular complexity index is 372. The number of aryl methyl sites for hydroxylation is 1. The standard InChI is InChI=1S/C17H28FN/c1-5-10-19-17(11-14(6-2)7-3)15-9-8-13(4)16(18)12-15/h8-9,12,14,17,19H,5-7,10-11H2,1-4H3. The molecular weight excluding hydrogens is 237 g/mol. The first-order valence-corrected chi connectivity index (χ1v) is 7.61. The lowest BCUT2D eigenvalue weighted by molar-refractivity contribution is 0.370. The summed E-state index contributed by atoms with van der Waals surface area (Å²) in [6, 6.07) is 5.93. The Balaban J connectivity index is 2.85. The number of hydrogen-bond donors (Lipinski definition) is 1. The number of hydrogen-bond acceptors (Lipinski definition) is 1. The summed E-state index contributed by atoms with van der Waals surface area (Å²) in [7, 11) is 0. The van der Waals surface area contributed by atoms with Crippen molar-refractivity contribution in [1.29, 1.82) is 0 Å². The molecule has 2 heteroatoms. The summed E-state index contributed by atoms with van der Waals surface area (Å²) in [6.45, 7) is 9.44. The third-order valence-electron chi connectivity index (χ3n) is 3.96. The molecule has 0 bridgehead atoms. The van der Waals surface area contributed by atoms with Gasteiger partial charge in [-0.25, -0.2) is 4.39 Å². The molecule has 108 valence electrons. The average Bonchev–Trinajstić information content (AvgIpc) is 2.42. The van der Waals surface area contributed by atoms with E-state index in [-0.39, 0.29) is 11.9 Å². The van der Waals surface area contributed by atoms with Crippen molar-refractivity contribution in [3.63, 3.8) is 0 Å². The lowest BCUT2D eigenvalue weighted by Gasteiger charge is -2.24. The topological polar surface area (TPSA) is 12.0 Å². The average molecular weight is 265 g/mol. The molecule has 0 aliphatic rings. The lowest BCUT2D eigenvalue weighted by atomic mass is 9.90. The molecule has 0 spiro atoms. The van der Waals surface area contributed by atoms with Crippen LogP contribution in [-0.2, 0) is 0 Å². The van der Waals surface area contributed by atoms with Crippen LogP contribution in [0.3, 0.4) is 0 Å². The van der Waals surface area contributed by atoms with Crippen LogP contribution in [0.25, 0.3) is 0 Å². The maximum absolute atomic E-state index is 13.7. The molecule has 1 N–H and O–H groups in total. The van der Waals surface area contributed by atoms with Crippen LogP contribution in [0.15, 0.2) is 18.2 Å². The second kappa shape index (κ2) is 8.31. The van der Waals surface area contributed by atoms with E-state index in [0.717, 1.165) is 30.5 Å². The fourth-order valence-electron chi connectivity index (χ4n) is 2.44. The zero-order valence-electron chi connectivity index (χ0n) is 12.8. The van der Waals surface area contributed by atoms with Crippen LogP contribution < -0.4 is 5.32 Å². The molecule has 0 aliphatic carbocycles. The molecule has 1 aromatic carbocycles. The van der Waals surface area contributed by atoms with Crippen LogP contribution in [0.2, 0.25) is 0 Å². The van der Waals surface area contributed by atoms with Gasteiger partial charge < -0.3 is 5.32 Å². The lowest BCUT2D eigenvalue weighted by Crippen LogP contribution is -2.24. The Morgan fingerprint density at radius 3 is 2.37 bits per heavy atom. The van der Waals surface area contributed by atoms with Crippen LogP contribution in [0.1, 0.15) is 63.6 Å². The first-order chi connectivity index (χ1) is 9.12. The van der Waals surface area contributed by atoms with Crippen molar-refractivity contribution in [2.75, 3.05) is 6.54 Å². The molecule has 1 rings (SSSR count). The third kappa shape index (κ3) is 4.94. The first kappa shape index (κ1) is 16.2. The number of benzene rings is 1. The fourth-order valence-corrected chi connectivity index (χ4v) is 2.44. The molecule has 0 saturated heterocycles. The van der Waals surface area contributed by atoms with E-state index in [1.807, 2.05) is 13.0 Å². The Kier molecular flexibility index (Phi) is 7.07. The Labute approximate surface area is 117 Å². The van der Waals surface area contributed by atoms with E-state index in [4.69, 9.17) is 0 Å². The van der Waals surface area contributed by atoms with E-state index in [0.29, 0.717) is 5.92 Å². The smallest absolute Gasteiger partial charge is 0.126 e. The molecule has 0 aromatic heterocycles. The van der Waals surface area contributed by atoms with Gasteiger partial charge in [-0.2, -0.15) is 0 Å². The largest absolute Gasteiger partial charge is 0.310 e. The summed E-state index contributed by atoms with van der Waals surface area (Å²) >= 11 is 0. The molecule has 1 nitrogen and oxygen atoms in total. The van der Waals surface area contributed by atoms with Crippen LogP contribution in [-0.4, -0.2) is 6.54 Å². The first-order valence-electron chi connectivity index (χ1n) is 7.61. The Morgan fingerprint density at radius 1 is 1.16 bits per heavy atom. The molecule has 1 unspecified atom stereocenters. The van der Waals surface area contributed by atoms with Gasteiger partial charge in [0.05, 0.1) is 0 Å². The normalized spacial score (nSPS) is 12.9. The highest BCUT2D eigenvalue weighted by molar-refractivity contribution is 5.25. The Hall–Kier alpha value is -0.890. The van der Waals surface area contributed by atoms with Gasteiger partial charge in [-0.3, -0.25) is 0 Å². The molecule has 19 heavy (non-hydrogen) atoms. The molecule has 0 aliphatic heterocycles. The molecule has 0 saturated carbocycles.